The first kappa shape index (κ1) is 21.3. The molecule has 1 unspecified atom stereocenters. The normalized spacial score (nSPS) is 16.8. The van der Waals surface area contributed by atoms with Gasteiger partial charge in [-0.3, -0.25) is 9.69 Å². The standard InChI is InChI=1S/C27H29FN2O/c1-19-14-20(2)16-23(15-19)22-11-9-21(10-12-22)17-30-13-5-6-24(18-30)29-27(31)25-7-3-4-8-26(25)28/h3-4,7-12,14-16,24H,5-6,13,17-18H2,1-2H3,(H,29,31). The molecule has 3 aromatic carbocycles. The first-order valence-electron chi connectivity index (χ1n) is 10.9. The highest BCUT2D eigenvalue weighted by molar-refractivity contribution is 5.94. The lowest BCUT2D eigenvalue weighted by atomic mass is 9.99. The molecule has 4 rings (SSSR count). The molecule has 0 saturated carbocycles. The third kappa shape index (κ3) is 5.39. The highest BCUT2D eigenvalue weighted by atomic mass is 19.1. The maximum absolute atomic E-state index is 13.9. The summed E-state index contributed by atoms with van der Waals surface area (Å²) in [6.45, 7) is 6.88. The summed E-state index contributed by atoms with van der Waals surface area (Å²) in [7, 11) is 0. The van der Waals surface area contributed by atoms with Crippen LogP contribution in [-0.2, 0) is 6.54 Å². The van der Waals surface area contributed by atoms with Crippen LogP contribution in [0.25, 0.3) is 11.1 Å². The Morgan fingerprint density at radius 3 is 2.42 bits per heavy atom. The van der Waals surface area contributed by atoms with E-state index in [1.54, 1.807) is 12.1 Å². The Morgan fingerprint density at radius 1 is 1.00 bits per heavy atom. The summed E-state index contributed by atoms with van der Waals surface area (Å²) in [4.78, 5) is 14.8. The van der Waals surface area contributed by atoms with Gasteiger partial charge >= 0.3 is 0 Å². The van der Waals surface area contributed by atoms with Crippen LogP contribution in [0.2, 0.25) is 0 Å². The van der Waals surface area contributed by atoms with E-state index in [9.17, 15) is 9.18 Å². The molecule has 1 fully saturated rings. The van der Waals surface area contributed by atoms with Crippen LogP contribution in [0.1, 0.15) is 39.9 Å². The second-order valence-electron chi connectivity index (χ2n) is 8.60. The Hall–Kier alpha value is -2.98. The fourth-order valence-corrected chi connectivity index (χ4v) is 4.43. The van der Waals surface area contributed by atoms with Crippen LogP contribution in [0.4, 0.5) is 4.39 Å². The monoisotopic (exact) mass is 416 g/mol. The average molecular weight is 417 g/mol. The first-order valence-corrected chi connectivity index (χ1v) is 10.9. The van der Waals surface area contributed by atoms with Crippen LogP contribution in [0, 0.1) is 19.7 Å². The Labute approximate surface area is 183 Å². The highest BCUT2D eigenvalue weighted by Gasteiger charge is 2.23. The van der Waals surface area contributed by atoms with E-state index in [0.29, 0.717) is 0 Å². The van der Waals surface area contributed by atoms with E-state index < -0.39 is 5.82 Å². The lowest BCUT2D eigenvalue weighted by Crippen LogP contribution is -2.47. The fraction of sp³-hybridized carbons (Fsp3) is 0.296. The minimum atomic E-state index is -0.475. The van der Waals surface area contributed by atoms with E-state index in [1.807, 2.05) is 0 Å². The number of hydrogen-bond acceptors (Lipinski definition) is 2. The lowest BCUT2D eigenvalue weighted by Gasteiger charge is -2.33. The molecule has 1 aliphatic rings. The first-order chi connectivity index (χ1) is 15.0. The van der Waals surface area contributed by atoms with Gasteiger partial charge in [-0.25, -0.2) is 4.39 Å². The maximum atomic E-state index is 13.9. The number of likely N-dealkylation sites (tertiary alicyclic amines) is 1. The number of nitrogens with zero attached hydrogens (tertiary/aromatic N) is 1. The molecule has 3 aromatic rings. The molecule has 0 bridgehead atoms. The van der Waals surface area contributed by atoms with Crippen LogP contribution >= 0.6 is 0 Å². The van der Waals surface area contributed by atoms with Gasteiger partial charge in [0.2, 0.25) is 0 Å². The second-order valence-corrected chi connectivity index (χ2v) is 8.60. The maximum Gasteiger partial charge on any atom is 0.254 e. The quantitative estimate of drug-likeness (QED) is 0.595. The smallest absolute Gasteiger partial charge is 0.254 e. The average Bonchev–Trinajstić information content (AvgIpc) is 2.74. The third-order valence-corrected chi connectivity index (χ3v) is 5.87. The number of carbonyl (C=O) groups is 1. The number of carbonyl (C=O) groups excluding carboxylic acids is 1. The van der Waals surface area contributed by atoms with Crippen molar-refractivity contribution in [3.63, 3.8) is 0 Å². The van der Waals surface area contributed by atoms with Crippen molar-refractivity contribution in [2.45, 2.75) is 39.3 Å². The number of piperidine rings is 1. The van der Waals surface area contributed by atoms with E-state index in [4.69, 9.17) is 0 Å². The van der Waals surface area contributed by atoms with E-state index in [0.717, 1.165) is 32.5 Å². The van der Waals surface area contributed by atoms with Gasteiger partial charge in [-0.15, -0.1) is 0 Å². The van der Waals surface area contributed by atoms with Crippen molar-refractivity contribution in [3.8, 4) is 11.1 Å². The number of hydrogen-bond donors (Lipinski definition) is 1. The lowest BCUT2D eigenvalue weighted by molar-refractivity contribution is 0.0896. The summed E-state index contributed by atoms with van der Waals surface area (Å²) in [5.74, 6) is -0.806. The third-order valence-electron chi connectivity index (χ3n) is 5.87. The topological polar surface area (TPSA) is 32.3 Å². The number of benzene rings is 3. The molecular weight excluding hydrogens is 387 g/mol. The van der Waals surface area contributed by atoms with E-state index in [2.05, 4.69) is 66.5 Å². The van der Waals surface area contributed by atoms with Crippen molar-refractivity contribution in [1.82, 2.24) is 10.2 Å². The van der Waals surface area contributed by atoms with E-state index in [-0.39, 0.29) is 17.5 Å². The van der Waals surface area contributed by atoms with Gasteiger partial charge in [0, 0.05) is 19.1 Å². The van der Waals surface area contributed by atoms with Gasteiger partial charge in [-0.2, -0.15) is 0 Å². The van der Waals surface area contributed by atoms with Crippen molar-refractivity contribution in [1.29, 1.82) is 0 Å². The molecule has 3 nitrogen and oxygen atoms in total. The van der Waals surface area contributed by atoms with E-state index >= 15 is 0 Å². The van der Waals surface area contributed by atoms with Crippen molar-refractivity contribution < 1.29 is 9.18 Å². The molecule has 1 aliphatic heterocycles. The molecule has 1 amide bonds. The zero-order valence-electron chi connectivity index (χ0n) is 18.2. The second kappa shape index (κ2) is 9.44. The van der Waals surface area contributed by atoms with Crippen LogP contribution in [-0.4, -0.2) is 29.9 Å². The fourth-order valence-electron chi connectivity index (χ4n) is 4.43. The van der Waals surface area contributed by atoms with Crippen molar-refractivity contribution in [3.05, 3.63) is 94.8 Å². The zero-order chi connectivity index (χ0) is 21.8. The molecule has 1 atom stereocenters. The van der Waals surface area contributed by atoms with E-state index in [1.165, 1.54) is 39.9 Å². The summed E-state index contributed by atoms with van der Waals surface area (Å²) in [5.41, 5.74) is 6.39. The molecule has 160 valence electrons. The Kier molecular flexibility index (Phi) is 6.47. The molecular formula is C27H29FN2O. The Balaban J connectivity index is 1.37. The molecule has 0 radical (unpaired) electrons. The van der Waals surface area contributed by atoms with Crippen molar-refractivity contribution in [2.75, 3.05) is 13.1 Å². The zero-order valence-corrected chi connectivity index (χ0v) is 18.2. The highest BCUT2D eigenvalue weighted by Crippen LogP contribution is 2.23. The number of halogens is 1. The predicted octanol–water partition coefficient (Wildman–Crippen LogP) is 5.50. The molecule has 31 heavy (non-hydrogen) atoms. The minimum Gasteiger partial charge on any atom is -0.348 e. The van der Waals surface area contributed by atoms with Gasteiger partial charge in [0.25, 0.3) is 5.91 Å². The molecule has 0 spiro atoms. The molecule has 1 saturated heterocycles. The van der Waals surface area contributed by atoms with Gasteiger partial charge in [0.1, 0.15) is 5.82 Å². The summed E-state index contributed by atoms with van der Waals surface area (Å²) in [6, 6.07) is 21.5. The largest absolute Gasteiger partial charge is 0.348 e. The van der Waals surface area contributed by atoms with Gasteiger partial charge in [0.05, 0.1) is 5.56 Å². The summed E-state index contributed by atoms with van der Waals surface area (Å²) in [5, 5.41) is 3.01. The van der Waals surface area contributed by atoms with Crippen molar-refractivity contribution >= 4 is 5.91 Å². The Morgan fingerprint density at radius 2 is 1.71 bits per heavy atom. The summed E-state index contributed by atoms with van der Waals surface area (Å²) < 4.78 is 13.9. The number of amides is 1. The van der Waals surface area contributed by atoms with Gasteiger partial charge in [0.15, 0.2) is 0 Å². The molecule has 1 N–H and O–H groups in total. The van der Waals surface area contributed by atoms with Crippen LogP contribution < -0.4 is 5.32 Å². The minimum absolute atomic E-state index is 0.0374. The van der Waals surface area contributed by atoms with Crippen molar-refractivity contribution in [2.24, 2.45) is 0 Å². The summed E-state index contributed by atoms with van der Waals surface area (Å²) in [6.07, 6.45) is 1.94. The molecule has 4 heteroatoms. The molecule has 0 aromatic heterocycles. The molecule has 1 heterocycles. The SMILES string of the molecule is Cc1cc(C)cc(-c2ccc(CN3CCCC(NC(=O)c4ccccc4F)C3)cc2)c1. The number of rotatable bonds is 5. The van der Waals surface area contributed by atoms with Crippen LogP contribution in [0.15, 0.2) is 66.7 Å². The summed E-state index contributed by atoms with van der Waals surface area (Å²) >= 11 is 0. The predicted molar refractivity (Wildman–Crippen MR) is 124 cm³/mol. The Bertz CT molecular complexity index is 1040. The van der Waals surface area contributed by atoms with Gasteiger partial charge in [-0.1, -0.05) is 65.7 Å². The van der Waals surface area contributed by atoms with Crippen LogP contribution in [0.3, 0.4) is 0 Å². The number of aryl methyl sites for hydroxylation is 2. The van der Waals surface area contributed by atoms with Gasteiger partial charge < -0.3 is 5.32 Å². The number of nitrogens with one attached hydrogen (secondary N) is 1. The van der Waals surface area contributed by atoms with Crippen LogP contribution in [0.5, 0.6) is 0 Å². The van der Waals surface area contributed by atoms with Gasteiger partial charge in [-0.05, 0) is 62.1 Å². The molecule has 0 aliphatic carbocycles.